The van der Waals surface area contributed by atoms with Crippen molar-refractivity contribution < 1.29 is 4.74 Å². The van der Waals surface area contributed by atoms with Crippen LogP contribution in [0.1, 0.15) is 19.4 Å². The number of nitrogens with one attached hydrogen (secondary N) is 1. The summed E-state index contributed by atoms with van der Waals surface area (Å²) in [4.78, 5) is 1.24. The average Bonchev–Trinajstić information content (AvgIpc) is 2.34. The number of thioether (sulfide) groups is 1. The zero-order valence-corrected chi connectivity index (χ0v) is 12.9. The Balaban J connectivity index is 2.46. The second-order valence-corrected chi connectivity index (χ2v) is 6.13. The van der Waals surface area contributed by atoms with Gasteiger partial charge in [-0.05, 0) is 23.6 Å². The van der Waals surface area contributed by atoms with Gasteiger partial charge in [-0.1, -0.05) is 31.5 Å². The smallest absolute Gasteiger partial charge is 0.0587 e. The van der Waals surface area contributed by atoms with Gasteiger partial charge in [-0.3, -0.25) is 0 Å². The molecule has 0 aliphatic carbocycles. The van der Waals surface area contributed by atoms with Crippen molar-refractivity contribution in [3.63, 3.8) is 0 Å². The first-order chi connectivity index (χ1) is 8.63. The van der Waals surface area contributed by atoms with Crippen LogP contribution >= 0.6 is 23.4 Å². The second-order valence-electron chi connectivity index (χ2n) is 4.63. The highest BCUT2D eigenvalue weighted by Crippen LogP contribution is 2.26. The third-order valence-electron chi connectivity index (χ3n) is 2.41. The fourth-order valence-corrected chi connectivity index (χ4v) is 2.62. The third-order valence-corrected chi connectivity index (χ3v) is 4.18. The highest BCUT2D eigenvalue weighted by molar-refractivity contribution is 7.99. The Bertz CT molecular complexity index is 358. The lowest BCUT2D eigenvalue weighted by Gasteiger charge is -2.09. The van der Waals surface area contributed by atoms with Crippen LogP contribution < -0.4 is 5.32 Å². The molecule has 0 saturated carbocycles. The van der Waals surface area contributed by atoms with Gasteiger partial charge in [0.25, 0.3) is 0 Å². The SMILES string of the molecule is COCCNCc1ccc(SCC(C)C)cc1Cl. The summed E-state index contributed by atoms with van der Waals surface area (Å²) in [5, 5.41) is 4.14. The first-order valence-corrected chi connectivity index (χ1v) is 7.60. The number of hydrogen-bond acceptors (Lipinski definition) is 3. The molecule has 0 aromatic heterocycles. The van der Waals surface area contributed by atoms with E-state index in [2.05, 4.69) is 37.4 Å². The molecule has 1 aromatic rings. The molecule has 0 atom stereocenters. The maximum atomic E-state index is 6.27. The molecule has 18 heavy (non-hydrogen) atoms. The van der Waals surface area contributed by atoms with E-state index in [0.29, 0.717) is 5.92 Å². The van der Waals surface area contributed by atoms with Crippen molar-refractivity contribution in [2.45, 2.75) is 25.3 Å². The molecule has 0 saturated heterocycles. The quantitative estimate of drug-likeness (QED) is 0.580. The van der Waals surface area contributed by atoms with E-state index in [1.165, 1.54) is 4.90 Å². The molecular formula is C14H22ClNOS. The van der Waals surface area contributed by atoms with Gasteiger partial charge in [0.05, 0.1) is 6.61 Å². The highest BCUT2D eigenvalue weighted by atomic mass is 35.5. The Morgan fingerprint density at radius 2 is 2.17 bits per heavy atom. The molecule has 0 spiro atoms. The van der Waals surface area contributed by atoms with Gasteiger partial charge in [-0.25, -0.2) is 0 Å². The molecular weight excluding hydrogens is 266 g/mol. The Morgan fingerprint density at radius 3 is 2.78 bits per heavy atom. The number of halogens is 1. The van der Waals surface area contributed by atoms with E-state index in [9.17, 15) is 0 Å². The Morgan fingerprint density at radius 1 is 1.39 bits per heavy atom. The molecule has 0 amide bonds. The molecule has 102 valence electrons. The van der Waals surface area contributed by atoms with Crippen molar-refractivity contribution in [1.29, 1.82) is 0 Å². The molecule has 4 heteroatoms. The standard InChI is InChI=1S/C14H22ClNOS/c1-11(2)10-18-13-5-4-12(14(15)8-13)9-16-6-7-17-3/h4-5,8,11,16H,6-7,9-10H2,1-3H3. The number of methoxy groups -OCH3 is 1. The van der Waals surface area contributed by atoms with Crippen LogP contribution in [-0.4, -0.2) is 26.0 Å². The van der Waals surface area contributed by atoms with Crippen LogP contribution in [0.25, 0.3) is 0 Å². The van der Waals surface area contributed by atoms with Crippen LogP contribution in [-0.2, 0) is 11.3 Å². The van der Waals surface area contributed by atoms with E-state index in [1.54, 1.807) is 7.11 Å². The fourth-order valence-electron chi connectivity index (χ4n) is 1.42. The topological polar surface area (TPSA) is 21.3 Å². The van der Waals surface area contributed by atoms with E-state index in [1.807, 2.05) is 11.8 Å². The van der Waals surface area contributed by atoms with E-state index in [-0.39, 0.29) is 0 Å². The van der Waals surface area contributed by atoms with Crippen molar-refractivity contribution in [3.05, 3.63) is 28.8 Å². The average molecular weight is 288 g/mol. The van der Waals surface area contributed by atoms with Crippen LogP contribution in [0.5, 0.6) is 0 Å². The molecule has 0 heterocycles. The largest absolute Gasteiger partial charge is 0.383 e. The summed E-state index contributed by atoms with van der Waals surface area (Å²) in [5.41, 5.74) is 1.14. The Kier molecular flexibility index (Phi) is 7.75. The summed E-state index contributed by atoms with van der Waals surface area (Å²) in [7, 11) is 1.70. The van der Waals surface area contributed by atoms with E-state index >= 15 is 0 Å². The molecule has 0 fully saturated rings. The minimum Gasteiger partial charge on any atom is -0.383 e. The zero-order valence-electron chi connectivity index (χ0n) is 11.3. The van der Waals surface area contributed by atoms with Gasteiger partial charge in [0, 0.05) is 35.9 Å². The van der Waals surface area contributed by atoms with Crippen molar-refractivity contribution in [1.82, 2.24) is 5.32 Å². The second kappa shape index (κ2) is 8.81. The number of benzene rings is 1. The van der Waals surface area contributed by atoms with E-state index < -0.39 is 0 Å². The van der Waals surface area contributed by atoms with Crippen LogP contribution in [0.4, 0.5) is 0 Å². The zero-order chi connectivity index (χ0) is 13.4. The van der Waals surface area contributed by atoms with Crippen LogP contribution in [0.15, 0.2) is 23.1 Å². The lowest BCUT2D eigenvalue weighted by atomic mass is 10.2. The number of ether oxygens (including phenoxy) is 1. The van der Waals surface area contributed by atoms with Gasteiger partial charge in [0.1, 0.15) is 0 Å². The van der Waals surface area contributed by atoms with Crippen LogP contribution in [0.2, 0.25) is 5.02 Å². The maximum absolute atomic E-state index is 6.27. The lowest BCUT2D eigenvalue weighted by Crippen LogP contribution is -2.18. The number of hydrogen-bond donors (Lipinski definition) is 1. The minimum absolute atomic E-state index is 0.698. The normalized spacial score (nSPS) is 11.2. The van der Waals surface area contributed by atoms with Crippen molar-refractivity contribution in [2.75, 3.05) is 26.0 Å². The molecule has 0 aliphatic heterocycles. The number of rotatable bonds is 8. The first kappa shape index (κ1) is 15.8. The van der Waals surface area contributed by atoms with Gasteiger partial charge in [-0.15, -0.1) is 11.8 Å². The maximum Gasteiger partial charge on any atom is 0.0587 e. The minimum atomic E-state index is 0.698. The molecule has 0 bridgehead atoms. The van der Waals surface area contributed by atoms with Gasteiger partial charge in [0.2, 0.25) is 0 Å². The predicted molar refractivity (Wildman–Crippen MR) is 80.6 cm³/mol. The monoisotopic (exact) mass is 287 g/mol. The van der Waals surface area contributed by atoms with E-state index in [0.717, 1.165) is 36.0 Å². The van der Waals surface area contributed by atoms with Crippen molar-refractivity contribution in [2.24, 2.45) is 5.92 Å². The molecule has 1 N–H and O–H groups in total. The van der Waals surface area contributed by atoms with Gasteiger partial charge in [0.15, 0.2) is 0 Å². The predicted octanol–water partition coefficient (Wildman–Crippen LogP) is 3.82. The summed E-state index contributed by atoms with van der Waals surface area (Å²) < 4.78 is 4.98. The Labute approximate surface area is 119 Å². The van der Waals surface area contributed by atoms with Gasteiger partial charge in [-0.2, -0.15) is 0 Å². The summed E-state index contributed by atoms with van der Waals surface area (Å²) in [5.74, 6) is 1.83. The fraction of sp³-hybridized carbons (Fsp3) is 0.571. The summed E-state index contributed by atoms with van der Waals surface area (Å²) in [6.45, 7) is 6.80. The van der Waals surface area contributed by atoms with Gasteiger partial charge < -0.3 is 10.1 Å². The first-order valence-electron chi connectivity index (χ1n) is 6.24. The summed E-state index contributed by atoms with van der Waals surface area (Å²) in [6, 6.07) is 6.30. The molecule has 0 unspecified atom stereocenters. The molecule has 1 rings (SSSR count). The third kappa shape index (κ3) is 6.10. The molecule has 1 aromatic carbocycles. The Hall–Kier alpha value is -0.220. The molecule has 2 nitrogen and oxygen atoms in total. The highest BCUT2D eigenvalue weighted by Gasteiger charge is 2.03. The molecule has 0 aliphatic rings. The molecule has 0 radical (unpaired) electrons. The van der Waals surface area contributed by atoms with Crippen molar-refractivity contribution >= 4 is 23.4 Å². The van der Waals surface area contributed by atoms with Gasteiger partial charge >= 0.3 is 0 Å². The van der Waals surface area contributed by atoms with Crippen LogP contribution in [0.3, 0.4) is 0 Å². The van der Waals surface area contributed by atoms with E-state index in [4.69, 9.17) is 16.3 Å². The lowest BCUT2D eigenvalue weighted by molar-refractivity contribution is 0.199. The van der Waals surface area contributed by atoms with Crippen LogP contribution in [0, 0.1) is 5.92 Å². The van der Waals surface area contributed by atoms with Crippen molar-refractivity contribution in [3.8, 4) is 0 Å². The summed E-state index contributed by atoms with van der Waals surface area (Å²) >= 11 is 8.13. The summed E-state index contributed by atoms with van der Waals surface area (Å²) in [6.07, 6.45) is 0.